The van der Waals surface area contributed by atoms with E-state index in [9.17, 15) is 9.59 Å². The molecule has 0 aromatic rings. The van der Waals surface area contributed by atoms with Crippen molar-refractivity contribution in [2.24, 2.45) is 56.7 Å². The third-order valence-corrected chi connectivity index (χ3v) is 13.3. The van der Waals surface area contributed by atoms with Crippen molar-refractivity contribution >= 4 is 11.8 Å². The van der Waals surface area contributed by atoms with E-state index >= 15 is 0 Å². The minimum absolute atomic E-state index is 0.0367. The zero-order valence-electron chi connectivity index (χ0n) is 23.1. The van der Waals surface area contributed by atoms with E-state index in [4.69, 9.17) is 4.74 Å². The van der Waals surface area contributed by atoms with Crippen molar-refractivity contribution in [1.29, 1.82) is 0 Å². The number of hydrogen-bond donors (Lipinski definition) is 0. The Morgan fingerprint density at radius 1 is 0.941 bits per heavy atom. The Kier molecular flexibility index (Phi) is 5.38. The lowest BCUT2D eigenvalue weighted by molar-refractivity contribution is -0.191. The minimum atomic E-state index is -0.338. The Bertz CT molecular complexity index is 931. The quantitative estimate of drug-likeness (QED) is 0.298. The van der Waals surface area contributed by atoms with Crippen LogP contribution in [0.25, 0.3) is 0 Å². The van der Waals surface area contributed by atoms with Crippen molar-refractivity contribution in [3.63, 3.8) is 0 Å². The molecule has 0 aromatic heterocycles. The standard InChI is InChI=1S/C31H48O3/c1-19-11-16-31(26(33)34-8)18-17-29(6)21(25(31)20(19)2)9-10-23-28(5)14-13-24(32)27(3,4)22(28)12-15-30(23,29)7/h9,19-20,22-23,25H,10-18H2,1-8H3/t19-,20+,22+,23-,25+,28+,29-,30-,31+/m1/s1. The molecule has 5 aliphatic carbocycles. The summed E-state index contributed by atoms with van der Waals surface area (Å²) >= 11 is 0. The van der Waals surface area contributed by atoms with Crippen LogP contribution in [-0.4, -0.2) is 18.9 Å². The van der Waals surface area contributed by atoms with Crippen molar-refractivity contribution in [3.8, 4) is 0 Å². The molecule has 5 aliphatic rings. The van der Waals surface area contributed by atoms with Crippen LogP contribution < -0.4 is 0 Å². The fourth-order valence-corrected chi connectivity index (χ4v) is 10.8. The van der Waals surface area contributed by atoms with Gasteiger partial charge in [-0.1, -0.05) is 60.1 Å². The second-order valence-electron chi connectivity index (χ2n) is 14.4. The Hall–Kier alpha value is -1.12. The van der Waals surface area contributed by atoms with E-state index in [-0.39, 0.29) is 33.0 Å². The van der Waals surface area contributed by atoms with Gasteiger partial charge in [0.25, 0.3) is 0 Å². The van der Waals surface area contributed by atoms with Crippen LogP contribution in [0.3, 0.4) is 0 Å². The molecule has 34 heavy (non-hydrogen) atoms. The van der Waals surface area contributed by atoms with Gasteiger partial charge < -0.3 is 4.74 Å². The monoisotopic (exact) mass is 468 g/mol. The summed E-state index contributed by atoms with van der Waals surface area (Å²) in [5.41, 5.74) is 1.58. The highest BCUT2D eigenvalue weighted by molar-refractivity contribution is 5.85. The number of esters is 1. The summed E-state index contributed by atoms with van der Waals surface area (Å²) in [6.45, 7) is 16.9. The lowest BCUT2D eigenvalue weighted by Gasteiger charge is -2.70. The van der Waals surface area contributed by atoms with E-state index in [1.165, 1.54) is 6.42 Å². The van der Waals surface area contributed by atoms with Crippen LogP contribution in [0.4, 0.5) is 0 Å². The molecule has 0 saturated heterocycles. The van der Waals surface area contributed by atoms with Gasteiger partial charge in [-0.15, -0.1) is 0 Å². The molecule has 3 heteroatoms. The molecule has 4 saturated carbocycles. The van der Waals surface area contributed by atoms with Crippen LogP contribution >= 0.6 is 0 Å². The Morgan fingerprint density at radius 3 is 2.32 bits per heavy atom. The van der Waals surface area contributed by atoms with Gasteiger partial charge in [-0.05, 0) is 97.2 Å². The van der Waals surface area contributed by atoms with E-state index in [0.29, 0.717) is 35.4 Å². The maximum Gasteiger partial charge on any atom is 0.312 e. The number of fused-ring (bicyclic) bond motifs is 7. The van der Waals surface area contributed by atoms with E-state index in [2.05, 4.69) is 54.5 Å². The number of ether oxygens (including phenoxy) is 1. The number of ketones is 1. The fourth-order valence-electron chi connectivity index (χ4n) is 10.8. The van der Waals surface area contributed by atoms with Crippen LogP contribution in [0.1, 0.15) is 106 Å². The molecule has 0 unspecified atom stereocenters. The molecule has 0 aliphatic heterocycles. The number of rotatable bonds is 1. The van der Waals surface area contributed by atoms with Gasteiger partial charge >= 0.3 is 5.97 Å². The molecule has 0 spiro atoms. The van der Waals surface area contributed by atoms with Crippen LogP contribution in [0.15, 0.2) is 11.6 Å². The van der Waals surface area contributed by atoms with Gasteiger partial charge in [0.1, 0.15) is 5.78 Å². The second kappa shape index (κ2) is 7.45. The Balaban J connectivity index is 1.62. The SMILES string of the molecule is COC(=O)[C@]12CC[C@@H](C)[C@H](C)[C@H]1C1=CC[C@@H]3[C@@]4(C)CCC(=O)C(C)(C)[C@@H]4CC[C@@]3(C)[C@]1(C)CC2. The average molecular weight is 469 g/mol. The average Bonchev–Trinajstić information content (AvgIpc) is 2.79. The fraction of sp³-hybridized carbons (Fsp3) is 0.871. The van der Waals surface area contributed by atoms with Crippen LogP contribution in [-0.2, 0) is 14.3 Å². The zero-order valence-corrected chi connectivity index (χ0v) is 23.1. The van der Waals surface area contributed by atoms with Gasteiger partial charge in [-0.25, -0.2) is 0 Å². The highest BCUT2D eigenvalue weighted by atomic mass is 16.5. The number of allylic oxidation sites excluding steroid dienone is 2. The summed E-state index contributed by atoms with van der Waals surface area (Å²) in [4.78, 5) is 26.3. The van der Waals surface area contributed by atoms with E-state index in [1.807, 2.05) is 0 Å². The number of Topliss-reactive ketones (excluding diaryl/α,β-unsaturated/α-hetero) is 1. The largest absolute Gasteiger partial charge is 0.469 e. The molecule has 0 bridgehead atoms. The maximum atomic E-state index is 13.4. The second-order valence-corrected chi connectivity index (χ2v) is 14.4. The highest BCUT2D eigenvalue weighted by Gasteiger charge is 2.69. The van der Waals surface area contributed by atoms with Gasteiger partial charge in [0.05, 0.1) is 12.5 Å². The third-order valence-electron chi connectivity index (χ3n) is 13.3. The van der Waals surface area contributed by atoms with Crippen molar-refractivity contribution in [1.82, 2.24) is 0 Å². The first-order valence-corrected chi connectivity index (χ1v) is 14.1. The zero-order chi connectivity index (χ0) is 24.9. The Labute approximate surface area is 207 Å². The van der Waals surface area contributed by atoms with Gasteiger partial charge in [-0.3, -0.25) is 9.59 Å². The van der Waals surface area contributed by atoms with Gasteiger partial charge in [0.15, 0.2) is 0 Å². The van der Waals surface area contributed by atoms with Crippen molar-refractivity contribution in [2.45, 2.75) is 106 Å². The molecule has 0 radical (unpaired) electrons. The van der Waals surface area contributed by atoms with E-state index < -0.39 is 0 Å². The first kappa shape index (κ1) is 24.6. The minimum Gasteiger partial charge on any atom is -0.469 e. The first-order valence-electron chi connectivity index (χ1n) is 14.1. The Morgan fingerprint density at radius 2 is 1.65 bits per heavy atom. The molecule has 190 valence electrons. The molecular formula is C31H48O3. The van der Waals surface area contributed by atoms with Crippen LogP contribution in [0, 0.1) is 56.7 Å². The molecule has 0 aromatic carbocycles. The lowest BCUT2D eigenvalue weighted by Crippen LogP contribution is -2.65. The molecule has 0 amide bonds. The van der Waals surface area contributed by atoms with Gasteiger partial charge in [0, 0.05) is 11.8 Å². The third kappa shape index (κ3) is 2.76. The van der Waals surface area contributed by atoms with Crippen molar-refractivity contribution in [2.75, 3.05) is 7.11 Å². The lowest BCUT2D eigenvalue weighted by atomic mass is 9.33. The number of carbonyl (C=O) groups excluding carboxylic acids is 2. The predicted octanol–water partition coefficient (Wildman–Crippen LogP) is 7.39. The molecule has 9 atom stereocenters. The van der Waals surface area contributed by atoms with Crippen LogP contribution in [0.5, 0.6) is 0 Å². The summed E-state index contributed by atoms with van der Waals surface area (Å²) in [7, 11) is 1.59. The predicted molar refractivity (Wildman–Crippen MR) is 136 cm³/mol. The summed E-state index contributed by atoms with van der Waals surface area (Å²) in [6.07, 6.45) is 12.0. The molecule has 0 heterocycles. The number of carbonyl (C=O) groups is 2. The molecule has 4 fully saturated rings. The van der Waals surface area contributed by atoms with Crippen molar-refractivity contribution in [3.05, 3.63) is 11.6 Å². The first-order chi connectivity index (χ1) is 15.8. The smallest absolute Gasteiger partial charge is 0.312 e. The van der Waals surface area contributed by atoms with Gasteiger partial charge in [0.2, 0.25) is 0 Å². The van der Waals surface area contributed by atoms with E-state index in [0.717, 1.165) is 51.4 Å². The topological polar surface area (TPSA) is 43.4 Å². The van der Waals surface area contributed by atoms with E-state index in [1.54, 1.807) is 12.7 Å². The van der Waals surface area contributed by atoms with Gasteiger partial charge in [-0.2, -0.15) is 0 Å². The summed E-state index contributed by atoms with van der Waals surface area (Å²) in [5.74, 6) is 3.02. The molecule has 5 rings (SSSR count). The molecule has 0 N–H and O–H groups in total. The summed E-state index contributed by atoms with van der Waals surface area (Å²) < 4.78 is 5.50. The maximum absolute atomic E-state index is 13.4. The number of hydrogen-bond acceptors (Lipinski definition) is 3. The molecule has 3 nitrogen and oxygen atoms in total. The normalized spacial score (nSPS) is 51.8. The van der Waals surface area contributed by atoms with Crippen molar-refractivity contribution < 1.29 is 14.3 Å². The molecular weight excluding hydrogens is 420 g/mol. The van der Waals surface area contributed by atoms with Crippen LogP contribution in [0.2, 0.25) is 0 Å². The summed E-state index contributed by atoms with van der Waals surface area (Å²) in [5, 5.41) is 0. The highest BCUT2D eigenvalue weighted by Crippen LogP contribution is 2.75. The number of methoxy groups -OCH3 is 1. The summed E-state index contributed by atoms with van der Waals surface area (Å²) in [6, 6.07) is 0.